The smallest absolute Gasteiger partial charge is 0.285 e. The first-order valence-electron chi connectivity index (χ1n) is 6.89. The third kappa shape index (κ3) is 3.55. The van der Waals surface area contributed by atoms with Crippen LogP contribution in [0.1, 0.15) is 41.6 Å². The van der Waals surface area contributed by atoms with Crippen LogP contribution in [0.15, 0.2) is 12.1 Å². The minimum Gasteiger partial charge on any atom is -0.349 e. The van der Waals surface area contributed by atoms with Crippen LogP contribution in [0, 0.1) is 22.9 Å². The lowest BCUT2D eigenvalue weighted by Gasteiger charge is -2.26. The second-order valence-electron chi connectivity index (χ2n) is 5.46. The Balaban J connectivity index is 2.21. The fourth-order valence-corrected chi connectivity index (χ4v) is 2.68. The van der Waals surface area contributed by atoms with Crippen molar-refractivity contribution >= 4 is 11.6 Å². The van der Waals surface area contributed by atoms with Crippen molar-refractivity contribution in [3.63, 3.8) is 0 Å². The topological polar surface area (TPSA) is 98.3 Å². The molecule has 1 fully saturated rings. The number of nitro groups is 1. The molecule has 1 amide bonds. The van der Waals surface area contributed by atoms with Crippen LogP contribution < -0.4 is 11.1 Å². The monoisotopic (exact) mass is 295 g/mol. The number of aryl methyl sites for hydroxylation is 1. The molecule has 0 spiro atoms. The SMILES string of the molecule is Cc1cc(F)cc(C(=O)NC2CCC(N)CC2)c1[N+](=O)[O-]. The molecular formula is C14H18FN3O3. The van der Waals surface area contributed by atoms with E-state index in [9.17, 15) is 19.3 Å². The average molecular weight is 295 g/mol. The van der Waals surface area contributed by atoms with Crippen LogP contribution in [0.2, 0.25) is 0 Å². The predicted octanol–water partition coefficient (Wildman–Crippen LogP) is 2.04. The van der Waals surface area contributed by atoms with E-state index in [4.69, 9.17) is 5.73 Å². The van der Waals surface area contributed by atoms with E-state index in [2.05, 4.69) is 5.32 Å². The highest BCUT2D eigenvalue weighted by molar-refractivity contribution is 5.98. The van der Waals surface area contributed by atoms with Crippen molar-refractivity contribution in [2.75, 3.05) is 0 Å². The van der Waals surface area contributed by atoms with Gasteiger partial charge >= 0.3 is 0 Å². The Morgan fingerprint density at radius 1 is 1.38 bits per heavy atom. The van der Waals surface area contributed by atoms with Gasteiger partial charge in [0.2, 0.25) is 0 Å². The molecule has 0 aromatic heterocycles. The first-order valence-corrected chi connectivity index (χ1v) is 6.89. The third-order valence-corrected chi connectivity index (χ3v) is 3.80. The Labute approximate surface area is 121 Å². The average Bonchev–Trinajstić information content (AvgIpc) is 2.39. The largest absolute Gasteiger partial charge is 0.349 e. The minimum atomic E-state index is -0.658. The fraction of sp³-hybridized carbons (Fsp3) is 0.500. The molecule has 1 aromatic carbocycles. The molecule has 0 bridgehead atoms. The summed E-state index contributed by atoms with van der Waals surface area (Å²) in [5.74, 6) is -1.27. The molecule has 6 nitrogen and oxygen atoms in total. The van der Waals surface area contributed by atoms with E-state index in [0.29, 0.717) is 0 Å². The molecule has 3 N–H and O–H groups in total. The number of amides is 1. The standard InChI is InChI=1S/C14H18FN3O3/c1-8-6-9(15)7-12(13(8)18(20)21)14(19)17-11-4-2-10(16)3-5-11/h6-7,10-11H,2-5,16H2,1H3,(H,17,19). The molecule has 0 atom stereocenters. The molecule has 7 heteroatoms. The van der Waals surface area contributed by atoms with Gasteiger partial charge in [-0.05, 0) is 44.7 Å². The molecular weight excluding hydrogens is 277 g/mol. The van der Waals surface area contributed by atoms with Gasteiger partial charge in [-0.25, -0.2) is 4.39 Å². The Hall–Kier alpha value is -2.02. The lowest BCUT2D eigenvalue weighted by Crippen LogP contribution is -2.40. The number of benzene rings is 1. The van der Waals surface area contributed by atoms with Gasteiger partial charge in [0.05, 0.1) is 4.92 Å². The molecule has 1 aromatic rings. The van der Waals surface area contributed by atoms with Gasteiger partial charge < -0.3 is 11.1 Å². The van der Waals surface area contributed by atoms with E-state index in [1.54, 1.807) is 0 Å². The van der Waals surface area contributed by atoms with Crippen molar-refractivity contribution in [3.05, 3.63) is 39.2 Å². The summed E-state index contributed by atoms with van der Waals surface area (Å²) < 4.78 is 13.4. The molecule has 114 valence electrons. The summed E-state index contributed by atoms with van der Waals surface area (Å²) in [6.07, 6.45) is 3.06. The number of rotatable bonds is 3. The number of carbonyl (C=O) groups is 1. The van der Waals surface area contributed by atoms with Crippen molar-refractivity contribution in [2.24, 2.45) is 5.73 Å². The molecule has 0 unspecified atom stereocenters. The zero-order chi connectivity index (χ0) is 15.6. The number of hydrogen-bond donors (Lipinski definition) is 2. The van der Waals surface area contributed by atoms with E-state index < -0.39 is 16.6 Å². The maximum atomic E-state index is 13.4. The van der Waals surface area contributed by atoms with Crippen LogP contribution in [0.3, 0.4) is 0 Å². The normalized spacial score (nSPS) is 21.9. The molecule has 0 heterocycles. The van der Waals surface area contributed by atoms with Gasteiger partial charge in [0.1, 0.15) is 11.4 Å². The van der Waals surface area contributed by atoms with Crippen molar-refractivity contribution in [1.82, 2.24) is 5.32 Å². The highest BCUT2D eigenvalue weighted by atomic mass is 19.1. The quantitative estimate of drug-likeness (QED) is 0.658. The molecule has 0 radical (unpaired) electrons. The van der Waals surface area contributed by atoms with Gasteiger partial charge in [-0.3, -0.25) is 14.9 Å². The van der Waals surface area contributed by atoms with E-state index in [1.807, 2.05) is 0 Å². The number of nitro benzene ring substituents is 1. The van der Waals surface area contributed by atoms with E-state index in [-0.39, 0.29) is 28.9 Å². The van der Waals surface area contributed by atoms with Gasteiger partial charge in [-0.15, -0.1) is 0 Å². The van der Waals surface area contributed by atoms with Crippen LogP contribution in [-0.4, -0.2) is 22.9 Å². The second kappa shape index (κ2) is 6.17. The van der Waals surface area contributed by atoms with E-state index in [1.165, 1.54) is 6.92 Å². The van der Waals surface area contributed by atoms with Crippen molar-refractivity contribution < 1.29 is 14.1 Å². The van der Waals surface area contributed by atoms with Gasteiger partial charge in [0, 0.05) is 17.6 Å². The number of carbonyl (C=O) groups excluding carboxylic acids is 1. The molecule has 0 aliphatic heterocycles. The summed E-state index contributed by atoms with van der Waals surface area (Å²) in [5.41, 5.74) is 5.35. The van der Waals surface area contributed by atoms with Crippen molar-refractivity contribution in [3.8, 4) is 0 Å². The Morgan fingerprint density at radius 3 is 2.57 bits per heavy atom. The lowest BCUT2D eigenvalue weighted by molar-refractivity contribution is -0.385. The first-order chi connectivity index (χ1) is 9.88. The van der Waals surface area contributed by atoms with Crippen LogP contribution >= 0.6 is 0 Å². The molecule has 1 aliphatic carbocycles. The molecule has 1 saturated carbocycles. The first kappa shape index (κ1) is 15.4. The van der Waals surface area contributed by atoms with Gasteiger partial charge in [0.15, 0.2) is 0 Å². The zero-order valence-corrected chi connectivity index (χ0v) is 11.8. The van der Waals surface area contributed by atoms with E-state index >= 15 is 0 Å². The highest BCUT2D eigenvalue weighted by Gasteiger charge is 2.27. The molecule has 2 rings (SSSR count). The van der Waals surface area contributed by atoms with Crippen molar-refractivity contribution in [1.29, 1.82) is 0 Å². The fourth-order valence-electron chi connectivity index (χ4n) is 2.68. The number of hydrogen-bond acceptors (Lipinski definition) is 4. The zero-order valence-electron chi connectivity index (χ0n) is 11.8. The summed E-state index contributed by atoms with van der Waals surface area (Å²) in [5, 5.41) is 13.8. The predicted molar refractivity (Wildman–Crippen MR) is 75.5 cm³/mol. The number of nitrogens with two attached hydrogens (primary N) is 1. The van der Waals surface area contributed by atoms with Crippen LogP contribution in [0.25, 0.3) is 0 Å². The Kier molecular flexibility index (Phi) is 4.52. The highest BCUT2D eigenvalue weighted by Crippen LogP contribution is 2.25. The van der Waals surface area contributed by atoms with Crippen LogP contribution in [-0.2, 0) is 0 Å². The number of nitrogens with one attached hydrogen (secondary N) is 1. The van der Waals surface area contributed by atoms with Gasteiger partial charge in [0.25, 0.3) is 11.6 Å². The minimum absolute atomic E-state index is 0.0690. The van der Waals surface area contributed by atoms with Crippen molar-refractivity contribution in [2.45, 2.75) is 44.7 Å². The summed E-state index contributed by atoms with van der Waals surface area (Å²) >= 11 is 0. The molecule has 21 heavy (non-hydrogen) atoms. The number of nitrogens with zero attached hydrogens (tertiary/aromatic N) is 1. The van der Waals surface area contributed by atoms with Crippen LogP contribution in [0.5, 0.6) is 0 Å². The third-order valence-electron chi connectivity index (χ3n) is 3.80. The number of halogens is 1. The van der Waals surface area contributed by atoms with Crippen LogP contribution in [0.4, 0.5) is 10.1 Å². The molecule has 0 saturated heterocycles. The summed E-state index contributed by atoms with van der Waals surface area (Å²) in [7, 11) is 0. The maximum absolute atomic E-state index is 13.4. The Morgan fingerprint density at radius 2 is 2.00 bits per heavy atom. The Bertz CT molecular complexity index is 569. The van der Waals surface area contributed by atoms with Gasteiger partial charge in [-0.1, -0.05) is 0 Å². The van der Waals surface area contributed by atoms with E-state index in [0.717, 1.165) is 37.8 Å². The summed E-state index contributed by atoms with van der Waals surface area (Å²) in [6, 6.07) is 2.04. The molecule has 1 aliphatic rings. The lowest BCUT2D eigenvalue weighted by atomic mass is 9.91. The second-order valence-corrected chi connectivity index (χ2v) is 5.46. The maximum Gasteiger partial charge on any atom is 0.285 e. The summed E-state index contributed by atoms with van der Waals surface area (Å²) in [6.45, 7) is 1.41. The summed E-state index contributed by atoms with van der Waals surface area (Å²) in [4.78, 5) is 22.6. The van der Waals surface area contributed by atoms with Gasteiger partial charge in [-0.2, -0.15) is 0 Å².